The number of hydrogen-bond acceptors (Lipinski definition) is 6. The number of nitrogens with two attached hydrogens (primary N) is 1. The minimum absolute atomic E-state index is 0.00754. The van der Waals surface area contributed by atoms with Gasteiger partial charge in [0.15, 0.2) is 11.6 Å². The molecule has 0 unspecified atom stereocenters. The van der Waals surface area contributed by atoms with E-state index in [0.717, 1.165) is 19.3 Å². The summed E-state index contributed by atoms with van der Waals surface area (Å²) in [5.74, 6) is -0.107. The van der Waals surface area contributed by atoms with Crippen molar-refractivity contribution in [2.24, 2.45) is 11.7 Å². The van der Waals surface area contributed by atoms with Crippen LogP contribution < -0.4 is 15.8 Å². The van der Waals surface area contributed by atoms with Crippen LogP contribution in [0, 0.1) is 5.92 Å². The van der Waals surface area contributed by atoms with E-state index in [1.807, 2.05) is 18.2 Å². The number of nitrogens with one attached hydrogen (secondary N) is 2. The topological polar surface area (TPSA) is 132 Å². The molecule has 0 spiro atoms. The van der Waals surface area contributed by atoms with E-state index in [9.17, 15) is 13.2 Å². The first-order valence-corrected chi connectivity index (χ1v) is 11.2. The number of aromatic nitrogens is 3. The van der Waals surface area contributed by atoms with E-state index >= 15 is 0 Å². The predicted molar refractivity (Wildman–Crippen MR) is 114 cm³/mol. The lowest BCUT2D eigenvalue weighted by molar-refractivity contribution is 0.100. The zero-order valence-corrected chi connectivity index (χ0v) is 17.0. The van der Waals surface area contributed by atoms with Gasteiger partial charge in [0.2, 0.25) is 10.0 Å². The van der Waals surface area contributed by atoms with Gasteiger partial charge >= 0.3 is 0 Å². The van der Waals surface area contributed by atoms with Crippen LogP contribution in [-0.2, 0) is 10.0 Å². The molecular formula is C20H22N6O3S. The van der Waals surface area contributed by atoms with Crippen LogP contribution in [0.5, 0.6) is 0 Å². The van der Waals surface area contributed by atoms with Crippen molar-refractivity contribution >= 4 is 33.4 Å². The highest BCUT2D eigenvalue weighted by atomic mass is 32.2. The molecule has 0 atom stereocenters. The minimum atomic E-state index is -3.69. The molecule has 0 bridgehead atoms. The van der Waals surface area contributed by atoms with Gasteiger partial charge in [-0.3, -0.25) is 9.52 Å². The number of anilines is 3. The van der Waals surface area contributed by atoms with Crippen LogP contribution in [0.3, 0.4) is 0 Å². The highest BCUT2D eigenvalue weighted by molar-refractivity contribution is 7.92. The Hall–Kier alpha value is -3.40. The van der Waals surface area contributed by atoms with E-state index in [0.29, 0.717) is 11.5 Å². The standard InChI is InChI=1S/C20H22N6O3S/c21-18(27)17-19(25-30(28,29)13-14-7-6-8-14)24-26(15-9-2-1-3-10-15)20(17)23-16-11-4-5-12-22-16/h1-5,9-12,14H,6-8,13H2,(H2,21,27)(H,22,23)(H,24,25). The summed E-state index contributed by atoms with van der Waals surface area (Å²) in [5, 5.41) is 7.41. The van der Waals surface area contributed by atoms with E-state index < -0.39 is 15.9 Å². The summed E-state index contributed by atoms with van der Waals surface area (Å²) in [5.41, 5.74) is 6.20. The summed E-state index contributed by atoms with van der Waals surface area (Å²) in [6.45, 7) is 0. The van der Waals surface area contributed by atoms with Gasteiger partial charge in [0, 0.05) is 6.20 Å². The third-order valence-electron chi connectivity index (χ3n) is 4.98. The zero-order chi connectivity index (χ0) is 21.1. The highest BCUT2D eigenvalue weighted by Gasteiger charge is 2.29. The summed E-state index contributed by atoms with van der Waals surface area (Å²) in [4.78, 5) is 16.5. The van der Waals surface area contributed by atoms with Crippen LogP contribution in [0.4, 0.5) is 17.5 Å². The van der Waals surface area contributed by atoms with E-state index in [1.54, 1.807) is 36.5 Å². The van der Waals surface area contributed by atoms with E-state index in [-0.39, 0.29) is 28.9 Å². The van der Waals surface area contributed by atoms with Crippen molar-refractivity contribution < 1.29 is 13.2 Å². The van der Waals surface area contributed by atoms with Crippen LogP contribution in [0.15, 0.2) is 54.7 Å². The largest absolute Gasteiger partial charge is 0.365 e. The molecule has 1 fully saturated rings. The van der Waals surface area contributed by atoms with Crippen LogP contribution in [0.25, 0.3) is 5.69 Å². The van der Waals surface area contributed by atoms with Crippen molar-refractivity contribution in [1.29, 1.82) is 0 Å². The number of hydrogen-bond donors (Lipinski definition) is 3. The number of sulfonamides is 1. The Labute approximate surface area is 174 Å². The third-order valence-corrected chi connectivity index (χ3v) is 6.39. The summed E-state index contributed by atoms with van der Waals surface area (Å²) in [6, 6.07) is 14.3. The fourth-order valence-corrected chi connectivity index (χ4v) is 4.79. The van der Waals surface area contributed by atoms with Crippen LogP contribution in [0.1, 0.15) is 29.6 Å². The number of benzene rings is 1. The van der Waals surface area contributed by atoms with Gasteiger partial charge < -0.3 is 11.1 Å². The Morgan fingerprint density at radius 2 is 1.87 bits per heavy atom. The Kier molecular flexibility index (Phi) is 5.40. The molecule has 4 rings (SSSR count). The fraction of sp³-hybridized carbons (Fsp3) is 0.250. The van der Waals surface area contributed by atoms with Crippen LogP contribution >= 0.6 is 0 Å². The number of carbonyl (C=O) groups excluding carboxylic acids is 1. The van der Waals surface area contributed by atoms with Gasteiger partial charge in [0.25, 0.3) is 5.91 Å². The van der Waals surface area contributed by atoms with Gasteiger partial charge in [-0.25, -0.2) is 18.1 Å². The van der Waals surface area contributed by atoms with Gasteiger partial charge in [-0.2, -0.15) is 0 Å². The average Bonchev–Trinajstić information content (AvgIpc) is 3.03. The number of para-hydroxylation sites is 1. The number of primary amides is 1. The SMILES string of the molecule is NC(=O)c1c(NS(=O)(=O)CC2CCC2)nn(-c2ccccc2)c1Nc1ccccn1. The lowest BCUT2D eigenvalue weighted by Gasteiger charge is -2.24. The molecule has 3 aromatic rings. The first-order chi connectivity index (χ1) is 14.4. The molecule has 1 aromatic carbocycles. The Morgan fingerprint density at radius 1 is 1.13 bits per heavy atom. The van der Waals surface area contributed by atoms with Gasteiger partial charge in [-0.15, -0.1) is 5.10 Å². The molecule has 1 saturated carbocycles. The lowest BCUT2D eigenvalue weighted by Crippen LogP contribution is -2.27. The number of pyridine rings is 1. The number of carbonyl (C=O) groups is 1. The van der Waals surface area contributed by atoms with Crippen molar-refractivity contribution in [2.75, 3.05) is 15.8 Å². The first kappa shape index (κ1) is 19.9. The second kappa shape index (κ2) is 8.15. The fourth-order valence-electron chi connectivity index (χ4n) is 3.31. The first-order valence-electron chi connectivity index (χ1n) is 9.60. The van der Waals surface area contributed by atoms with Crippen LogP contribution in [0.2, 0.25) is 0 Å². The molecule has 4 N–H and O–H groups in total. The molecule has 9 nitrogen and oxygen atoms in total. The number of rotatable bonds is 8. The Morgan fingerprint density at radius 3 is 2.47 bits per heavy atom. The van der Waals surface area contributed by atoms with Crippen molar-refractivity contribution in [3.05, 3.63) is 60.3 Å². The molecule has 10 heteroatoms. The van der Waals surface area contributed by atoms with Crippen molar-refractivity contribution in [3.8, 4) is 5.69 Å². The van der Waals surface area contributed by atoms with E-state index in [2.05, 4.69) is 20.1 Å². The van der Waals surface area contributed by atoms with E-state index in [1.165, 1.54) is 4.68 Å². The van der Waals surface area contributed by atoms with E-state index in [4.69, 9.17) is 5.73 Å². The van der Waals surface area contributed by atoms with Crippen molar-refractivity contribution in [3.63, 3.8) is 0 Å². The summed E-state index contributed by atoms with van der Waals surface area (Å²) in [7, 11) is -3.69. The van der Waals surface area contributed by atoms with Gasteiger partial charge in [-0.1, -0.05) is 30.7 Å². The molecule has 0 saturated heterocycles. The van der Waals surface area contributed by atoms with Crippen LogP contribution in [-0.4, -0.2) is 34.8 Å². The molecule has 30 heavy (non-hydrogen) atoms. The summed E-state index contributed by atoms with van der Waals surface area (Å²) < 4.78 is 29.2. The minimum Gasteiger partial charge on any atom is -0.365 e. The smallest absolute Gasteiger partial charge is 0.256 e. The predicted octanol–water partition coefficient (Wildman–Crippen LogP) is 2.65. The second-order valence-electron chi connectivity index (χ2n) is 7.20. The second-order valence-corrected chi connectivity index (χ2v) is 8.97. The average molecular weight is 427 g/mol. The quantitative estimate of drug-likeness (QED) is 0.507. The summed E-state index contributed by atoms with van der Waals surface area (Å²) >= 11 is 0. The molecule has 1 aliphatic carbocycles. The Balaban J connectivity index is 1.78. The summed E-state index contributed by atoms with van der Waals surface area (Å²) in [6.07, 6.45) is 4.40. The number of amides is 1. The molecule has 1 amide bonds. The van der Waals surface area contributed by atoms with Crippen molar-refractivity contribution in [2.45, 2.75) is 19.3 Å². The zero-order valence-electron chi connectivity index (χ0n) is 16.2. The maximum absolute atomic E-state index is 12.6. The van der Waals surface area contributed by atoms with Crippen molar-refractivity contribution in [1.82, 2.24) is 14.8 Å². The Bertz CT molecular complexity index is 1140. The lowest BCUT2D eigenvalue weighted by atomic mass is 9.87. The normalized spacial score (nSPS) is 14.1. The van der Waals surface area contributed by atoms with Gasteiger partial charge in [0.05, 0.1) is 11.4 Å². The molecule has 2 heterocycles. The molecular weight excluding hydrogens is 404 g/mol. The molecule has 0 radical (unpaired) electrons. The highest BCUT2D eigenvalue weighted by Crippen LogP contribution is 2.32. The molecule has 156 valence electrons. The monoisotopic (exact) mass is 426 g/mol. The molecule has 2 aromatic heterocycles. The van der Waals surface area contributed by atoms with Gasteiger partial charge in [0.1, 0.15) is 11.4 Å². The molecule has 0 aliphatic heterocycles. The number of nitrogens with zero attached hydrogens (tertiary/aromatic N) is 3. The maximum atomic E-state index is 12.6. The third kappa shape index (κ3) is 4.28. The maximum Gasteiger partial charge on any atom is 0.256 e. The van der Waals surface area contributed by atoms with Gasteiger partial charge in [-0.05, 0) is 43.0 Å². The molecule has 1 aliphatic rings.